The van der Waals surface area contributed by atoms with Crippen molar-refractivity contribution in [3.8, 4) is 0 Å². The number of rotatable bonds is 6. The maximum Gasteiger partial charge on any atom is 0.252 e. The normalized spacial score (nSPS) is 11.4. The molecule has 0 bridgehead atoms. The zero-order valence-electron chi connectivity index (χ0n) is 11.2. The van der Waals surface area contributed by atoms with Gasteiger partial charge in [-0.05, 0) is 47.0 Å². The summed E-state index contributed by atoms with van der Waals surface area (Å²) in [6.45, 7) is 4.55. The Morgan fingerprint density at radius 1 is 1.42 bits per heavy atom. The van der Waals surface area contributed by atoms with E-state index in [4.69, 9.17) is 11.6 Å². The predicted octanol–water partition coefficient (Wildman–Crippen LogP) is 3.63. The highest BCUT2D eigenvalue weighted by molar-refractivity contribution is 9.10. The van der Waals surface area contributed by atoms with Crippen LogP contribution in [0.25, 0.3) is 0 Å². The number of nitrogens with one attached hydrogen (secondary N) is 1. The van der Waals surface area contributed by atoms with Gasteiger partial charge in [-0.3, -0.25) is 4.79 Å². The van der Waals surface area contributed by atoms with Gasteiger partial charge in [-0.25, -0.2) is 0 Å². The first-order valence-electron chi connectivity index (χ1n) is 6.32. The van der Waals surface area contributed by atoms with E-state index in [1.54, 1.807) is 18.2 Å². The molecule has 0 saturated carbocycles. The molecule has 19 heavy (non-hydrogen) atoms. The summed E-state index contributed by atoms with van der Waals surface area (Å²) in [5.74, 6) is -0.186. The molecular formula is C14H19BrClNO2. The lowest BCUT2D eigenvalue weighted by Gasteiger charge is -2.29. The van der Waals surface area contributed by atoms with Crippen LogP contribution in [0.2, 0.25) is 5.02 Å². The second-order valence-electron chi connectivity index (χ2n) is 4.67. The Labute approximate surface area is 127 Å². The van der Waals surface area contributed by atoms with E-state index < -0.39 is 0 Å². The van der Waals surface area contributed by atoms with Gasteiger partial charge in [-0.2, -0.15) is 0 Å². The van der Waals surface area contributed by atoms with E-state index in [2.05, 4.69) is 21.2 Å². The molecule has 1 amide bonds. The fraction of sp³-hybridized carbons (Fsp3) is 0.500. The number of carbonyl (C=O) groups excluding carboxylic acids is 1. The van der Waals surface area contributed by atoms with Gasteiger partial charge in [0.15, 0.2) is 0 Å². The minimum atomic E-state index is -0.249. The average Bonchev–Trinajstić information content (AvgIpc) is 2.43. The standard InChI is InChI=1S/C14H19BrClNO2/c1-3-14(4-2,9-18)8-17-13(19)11-7-10(16)5-6-12(11)15/h5-7,18H,3-4,8-9H2,1-2H3,(H,17,19). The van der Waals surface area contributed by atoms with Gasteiger partial charge < -0.3 is 10.4 Å². The minimum Gasteiger partial charge on any atom is -0.396 e. The molecule has 1 aromatic rings. The highest BCUT2D eigenvalue weighted by Crippen LogP contribution is 2.25. The first kappa shape index (κ1) is 16.5. The van der Waals surface area contributed by atoms with E-state index in [9.17, 15) is 9.90 Å². The smallest absolute Gasteiger partial charge is 0.252 e. The summed E-state index contributed by atoms with van der Waals surface area (Å²) < 4.78 is 0.706. The number of hydrogen-bond donors (Lipinski definition) is 2. The molecule has 0 saturated heterocycles. The summed E-state index contributed by atoms with van der Waals surface area (Å²) in [4.78, 5) is 12.1. The van der Waals surface area contributed by atoms with E-state index in [0.29, 0.717) is 21.6 Å². The Bertz CT molecular complexity index is 439. The molecule has 106 valence electrons. The number of carbonyl (C=O) groups is 1. The first-order valence-corrected chi connectivity index (χ1v) is 7.49. The average molecular weight is 349 g/mol. The van der Waals surface area contributed by atoms with Gasteiger partial charge in [0.2, 0.25) is 0 Å². The Kier molecular flexibility index (Phi) is 6.30. The van der Waals surface area contributed by atoms with Crippen molar-refractivity contribution in [1.82, 2.24) is 5.32 Å². The number of hydrogen-bond acceptors (Lipinski definition) is 2. The van der Waals surface area contributed by atoms with Crippen LogP contribution >= 0.6 is 27.5 Å². The molecule has 0 radical (unpaired) electrons. The molecule has 1 rings (SSSR count). The van der Waals surface area contributed by atoms with Crippen molar-refractivity contribution in [3.05, 3.63) is 33.3 Å². The van der Waals surface area contributed by atoms with Crippen molar-refractivity contribution in [1.29, 1.82) is 0 Å². The second-order valence-corrected chi connectivity index (χ2v) is 5.96. The summed E-state index contributed by atoms with van der Waals surface area (Å²) in [6, 6.07) is 5.09. The fourth-order valence-electron chi connectivity index (χ4n) is 1.81. The van der Waals surface area contributed by atoms with Crippen molar-refractivity contribution in [3.63, 3.8) is 0 Å². The lowest BCUT2D eigenvalue weighted by atomic mass is 9.83. The van der Waals surface area contributed by atoms with Crippen LogP contribution in [-0.2, 0) is 0 Å². The molecule has 0 aliphatic rings. The molecule has 2 N–H and O–H groups in total. The fourth-order valence-corrected chi connectivity index (χ4v) is 2.41. The number of aliphatic hydroxyl groups is 1. The van der Waals surface area contributed by atoms with E-state index in [1.807, 2.05) is 13.8 Å². The van der Waals surface area contributed by atoms with Gasteiger partial charge in [-0.15, -0.1) is 0 Å². The van der Waals surface area contributed by atoms with Gasteiger partial charge in [0.1, 0.15) is 0 Å². The molecule has 0 aliphatic carbocycles. The van der Waals surface area contributed by atoms with E-state index in [1.165, 1.54) is 0 Å². The summed E-state index contributed by atoms with van der Waals surface area (Å²) in [5.41, 5.74) is 0.257. The number of halogens is 2. The van der Waals surface area contributed by atoms with Crippen molar-refractivity contribution in [2.24, 2.45) is 5.41 Å². The highest BCUT2D eigenvalue weighted by atomic mass is 79.9. The van der Waals surface area contributed by atoms with Crippen LogP contribution in [0.15, 0.2) is 22.7 Å². The van der Waals surface area contributed by atoms with Gasteiger partial charge in [0, 0.05) is 21.5 Å². The Morgan fingerprint density at radius 3 is 2.58 bits per heavy atom. The Hall–Kier alpha value is -0.580. The van der Waals surface area contributed by atoms with Gasteiger partial charge >= 0.3 is 0 Å². The molecule has 0 atom stereocenters. The molecule has 3 nitrogen and oxygen atoms in total. The van der Waals surface area contributed by atoms with Crippen molar-refractivity contribution in [2.75, 3.05) is 13.2 Å². The van der Waals surface area contributed by atoms with Crippen molar-refractivity contribution in [2.45, 2.75) is 26.7 Å². The SMILES string of the molecule is CCC(CC)(CO)CNC(=O)c1cc(Cl)ccc1Br. The van der Waals surface area contributed by atoms with Crippen molar-refractivity contribution >= 4 is 33.4 Å². The molecule has 0 heterocycles. The predicted molar refractivity (Wildman–Crippen MR) is 81.6 cm³/mol. The zero-order chi connectivity index (χ0) is 14.5. The number of amides is 1. The highest BCUT2D eigenvalue weighted by Gasteiger charge is 2.26. The summed E-state index contributed by atoms with van der Waals surface area (Å²) in [5, 5.41) is 12.9. The van der Waals surface area contributed by atoms with Crippen LogP contribution in [-0.4, -0.2) is 24.2 Å². The van der Waals surface area contributed by atoms with Crippen LogP contribution < -0.4 is 5.32 Å². The number of benzene rings is 1. The molecular weight excluding hydrogens is 330 g/mol. The van der Waals surface area contributed by atoms with Crippen LogP contribution in [0.4, 0.5) is 0 Å². The summed E-state index contributed by atoms with van der Waals surface area (Å²) in [6.07, 6.45) is 1.63. The Balaban J connectivity index is 2.77. The quantitative estimate of drug-likeness (QED) is 0.824. The van der Waals surface area contributed by atoms with Crippen LogP contribution in [0.5, 0.6) is 0 Å². The van der Waals surface area contributed by atoms with Crippen LogP contribution in [0, 0.1) is 5.41 Å². The largest absolute Gasteiger partial charge is 0.396 e. The maximum atomic E-state index is 12.1. The molecule has 0 fully saturated rings. The third-order valence-corrected chi connectivity index (χ3v) is 4.56. The molecule has 0 spiro atoms. The third-order valence-electron chi connectivity index (χ3n) is 3.63. The lowest BCUT2D eigenvalue weighted by molar-refractivity contribution is 0.0850. The summed E-state index contributed by atoms with van der Waals surface area (Å²) in [7, 11) is 0. The molecule has 1 aromatic carbocycles. The second kappa shape index (κ2) is 7.27. The molecule has 5 heteroatoms. The molecule has 0 aromatic heterocycles. The van der Waals surface area contributed by atoms with E-state index >= 15 is 0 Å². The minimum absolute atomic E-state index is 0.0665. The topological polar surface area (TPSA) is 49.3 Å². The van der Waals surface area contributed by atoms with Crippen LogP contribution in [0.3, 0.4) is 0 Å². The zero-order valence-corrected chi connectivity index (χ0v) is 13.5. The maximum absolute atomic E-state index is 12.1. The van der Waals surface area contributed by atoms with E-state index in [-0.39, 0.29) is 17.9 Å². The first-order chi connectivity index (χ1) is 8.98. The third kappa shape index (κ3) is 4.20. The Morgan fingerprint density at radius 2 is 2.05 bits per heavy atom. The number of aliphatic hydroxyl groups excluding tert-OH is 1. The summed E-state index contributed by atoms with van der Waals surface area (Å²) >= 11 is 9.23. The molecule has 0 unspecified atom stereocenters. The van der Waals surface area contributed by atoms with E-state index in [0.717, 1.165) is 12.8 Å². The monoisotopic (exact) mass is 347 g/mol. The van der Waals surface area contributed by atoms with Gasteiger partial charge in [0.05, 0.1) is 12.2 Å². The van der Waals surface area contributed by atoms with Crippen molar-refractivity contribution < 1.29 is 9.90 Å². The lowest BCUT2D eigenvalue weighted by Crippen LogP contribution is -2.39. The van der Waals surface area contributed by atoms with Gasteiger partial charge in [0.25, 0.3) is 5.91 Å². The van der Waals surface area contributed by atoms with Gasteiger partial charge in [-0.1, -0.05) is 25.4 Å². The molecule has 0 aliphatic heterocycles. The van der Waals surface area contributed by atoms with Crippen LogP contribution in [0.1, 0.15) is 37.0 Å².